The number of rotatable bonds is 4. The van der Waals surface area contributed by atoms with Gasteiger partial charge < -0.3 is 0 Å². The molecule has 0 aromatic rings. The van der Waals surface area contributed by atoms with E-state index in [0.29, 0.717) is 5.25 Å². The third kappa shape index (κ3) is 3.37. The Hall–Kier alpha value is -0.250. The highest BCUT2D eigenvalue weighted by atomic mass is 32.2. The highest BCUT2D eigenvalue weighted by Crippen LogP contribution is 2.28. The molecule has 0 spiro atoms. The molecular formula is C9H16N2O2S2. The lowest BCUT2D eigenvalue weighted by Gasteiger charge is -2.14. The predicted molar refractivity (Wildman–Crippen MR) is 62.1 cm³/mol. The van der Waals surface area contributed by atoms with Gasteiger partial charge in [-0.3, -0.25) is 0 Å². The summed E-state index contributed by atoms with van der Waals surface area (Å²) in [6, 6.07) is 1.77. The Bertz CT molecular complexity index is 348. The zero-order chi connectivity index (χ0) is 11.5. The molecule has 3 atom stereocenters. The first-order valence-corrected chi connectivity index (χ1v) is 7.76. The van der Waals surface area contributed by atoms with Crippen LogP contribution in [-0.4, -0.2) is 31.2 Å². The zero-order valence-electron chi connectivity index (χ0n) is 8.93. The molecule has 1 fully saturated rings. The van der Waals surface area contributed by atoms with Gasteiger partial charge in [0.15, 0.2) is 5.25 Å². The molecule has 1 saturated carbocycles. The van der Waals surface area contributed by atoms with Crippen LogP contribution in [0.15, 0.2) is 0 Å². The summed E-state index contributed by atoms with van der Waals surface area (Å²) < 4.78 is 25.8. The Balaban J connectivity index is 2.54. The SMILES string of the molecule is CSC1CCC(NS(=O)(=O)C(C)C#N)C1. The van der Waals surface area contributed by atoms with E-state index in [1.165, 1.54) is 6.92 Å². The summed E-state index contributed by atoms with van der Waals surface area (Å²) in [5.74, 6) is 0. The number of nitrogens with zero attached hydrogens (tertiary/aromatic N) is 1. The molecule has 0 heterocycles. The lowest BCUT2D eigenvalue weighted by Crippen LogP contribution is -2.38. The van der Waals surface area contributed by atoms with Crippen molar-refractivity contribution in [1.29, 1.82) is 5.26 Å². The van der Waals surface area contributed by atoms with Gasteiger partial charge in [-0.2, -0.15) is 17.0 Å². The van der Waals surface area contributed by atoms with Crippen LogP contribution in [0.3, 0.4) is 0 Å². The van der Waals surface area contributed by atoms with Gasteiger partial charge in [-0.15, -0.1) is 0 Å². The molecule has 0 amide bonds. The average Bonchev–Trinajstić information content (AvgIpc) is 2.63. The molecule has 3 unspecified atom stereocenters. The third-order valence-corrected chi connectivity index (χ3v) is 5.49. The summed E-state index contributed by atoms with van der Waals surface area (Å²) in [6.45, 7) is 1.41. The second-order valence-corrected chi connectivity index (χ2v) is 6.97. The molecule has 86 valence electrons. The summed E-state index contributed by atoms with van der Waals surface area (Å²) in [5, 5.41) is 8.15. The highest BCUT2D eigenvalue weighted by molar-refractivity contribution is 7.99. The first-order valence-electron chi connectivity index (χ1n) is 4.93. The van der Waals surface area contributed by atoms with Gasteiger partial charge in [-0.05, 0) is 32.4 Å². The van der Waals surface area contributed by atoms with Crippen LogP contribution >= 0.6 is 11.8 Å². The lowest BCUT2D eigenvalue weighted by molar-refractivity contribution is 0.548. The second kappa shape index (κ2) is 5.19. The van der Waals surface area contributed by atoms with E-state index >= 15 is 0 Å². The molecule has 0 aromatic carbocycles. The van der Waals surface area contributed by atoms with Crippen molar-refractivity contribution in [3.8, 4) is 6.07 Å². The summed E-state index contributed by atoms with van der Waals surface area (Å²) in [7, 11) is -3.45. The molecule has 1 aliphatic rings. The van der Waals surface area contributed by atoms with Gasteiger partial charge in [-0.25, -0.2) is 13.1 Å². The summed E-state index contributed by atoms with van der Waals surface area (Å²) in [6.07, 6.45) is 4.84. The van der Waals surface area contributed by atoms with Crippen molar-refractivity contribution in [3.05, 3.63) is 0 Å². The Kier molecular flexibility index (Phi) is 4.44. The standard InChI is InChI=1S/C9H16N2O2S2/c1-7(6-10)15(12,13)11-8-3-4-9(5-8)14-2/h7-9,11H,3-5H2,1-2H3. The van der Waals surface area contributed by atoms with Gasteiger partial charge in [-0.1, -0.05) is 0 Å². The molecule has 1 N–H and O–H groups in total. The Morgan fingerprint density at radius 2 is 2.20 bits per heavy atom. The number of thioether (sulfide) groups is 1. The van der Waals surface area contributed by atoms with Crippen LogP contribution in [0.25, 0.3) is 0 Å². The molecule has 6 heteroatoms. The van der Waals surface area contributed by atoms with Crippen molar-refractivity contribution < 1.29 is 8.42 Å². The maximum atomic E-state index is 11.6. The fraction of sp³-hybridized carbons (Fsp3) is 0.889. The van der Waals surface area contributed by atoms with Crippen LogP contribution in [-0.2, 0) is 10.0 Å². The minimum absolute atomic E-state index is 0.0169. The molecule has 0 saturated heterocycles. The first-order chi connectivity index (χ1) is 6.99. The molecule has 0 aliphatic heterocycles. The number of hydrogen-bond donors (Lipinski definition) is 1. The van der Waals surface area contributed by atoms with E-state index in [4.69, 9.17) is 5.26 Å². The van der Waals surface area contributed by atoms with Crippen LogP contribution in [0.2, 0.25) is 0 Å². The summed E-state index contributed by atoms with van der Waals surface area (Å²) >= 11 is 1.78. The van der Waals surface area contributed by atoms with E-state index in [1.54, 1.807) is 17.8 Å². The molecule has 15 heavy (non-hydrogen) atoms. The van der Waals surface area contributed by atoms with Crippen LogP contribution in [0.1, 0.15) is 26.2 Å². The summed E-state index contributed by atoms with van der Waals surface area (Å²) in [5.41, 5.74) is 0. The average molecular weight is 248 g/mol. The Morgan fingerprint density at radius 1 is 1.53 bits per heavy atom. The fourth-order valence-corrected chi connectivity index (χ4v) is 3.48. The van der Waals surface area contributed by atoms with Gasteiger partial charge in [0.1, 0.15) is 0 Å². The highest BCUT2D eigenvalue weighted by Gasteiger charge is 2.29. The third-order valence-electron chi connectivity index (χ3n) is 2.70. The number of sulfonamides is 1. The van der Waals surface area contributed by atoms with Gasteiger partial charge in [0.25, 0.3) is 0 Å². The van der Waals surface area contributed by atoms with Crippen molar-refractivity contribution >= 4 is 21.8 Å². The molecule has 0 radical (unpaired) electrons. The summed E-state index contributed by atoms with van der Waals surface area (Å²) in [4.78, 5) is 0. The quantitative estimate of drug-likeness (QED) is 0.809. The van der Waals surface area contributed by atoms with Gasteiger partial charge in [0.05, 0.1) is 6.07 Å². The maximum absolute atomic E-state index is 11.6. The second-order valence-electron chi connectivity index (χ2n) is 3.80. The minimum Gasteiger partial charge on any atom is -0.211 e. The van der Waals surface area contributed by atoms with Gasteiger partial charge >= 0.3 is 0 Å². The topological polar surface area (TPSA) is 70.0 Å². The van der Waals surface area contributed by atoms with E-state index in [2.05, 4.69) is 4.72 Å². The van der Waals surface area contributed by atoms with Crippen LogP contribution < -0.4 is 4.72 Å². The zero-order valence-corrected chi connectivity index (χ0v) is 10.6. The van der Waals surface area contributed by atoms with E-state index in [-0.39, 0.29) is 6.04 Å². The smallest absolute Gasteiger partial charge is 0.211 e. The van der Waals surface area contributed by atoms with Crippen LogP contribution in [0.4, 0.5) is 0 Å². The van der Waals surface area contributed by atoms with Gasteiger partial charge in [0.2, 0.25) is 10.0 Å². The predicted octanol–water partition coefficient (Wildman–Crippen LogP) is 1.10. The van der Waals surface area contributed by atoms with Crippen molar-refractivity contribution in [2.75, 3.05) is 6.26 Å². The maximum Gasteiger partial charge on any atom is 0.227 e. The van der Waals surface area contributed by atoms with Crippen molar-refractivity contribution in [1.82, 2.24) is 4.72 Å². The van der Waals surface area contributed by atoms with Crippen molar-refractivity contribution in [3.63, 3.8) is 0 Å². The van der Waals surface area contributed by atoms with Crippen molar-refractivity contribution in [2.45, 2.75) is 42.7 Å². The number of nitrogens with one attached hydrogen (secondary N) is 1. The minimum atomic E-state index is -3.45. The largest absolute Gasteiger partial charge is 0.227 e. The molecular weight excluding hydrogens is 232 g/mol. The molecule has 0 aromatic heterocycles. The van der Waals surface area contributed by atoms with Gasteiger partial charge in [0, 0.05) is 11.3 Å². The van der Waals surface area contributed by atoms with E-state index < -0.39 is 15.3 Å². The van der Waals surface area contributed by atoms with E-state index in [9.17, 15) is 8.42 Å². The van der Waals surface area contributed by atoms with E-state index in [1.807, 2.05) is 6.26 Å². The first kappa shape index (κ1) is 12.8. The fourth-order valence-electron chi connectivity index (χ4n) is 1.66. The Morgan fingerprint density at radius 3 is 2.67 bits per heavy atom. The van der Waals surface area contributed by atoms with Crippen LogP contribution in [0, 0.1) is 11.3 Å². The Labute approximate surface area is 95.5 Å². The normalized spacial score (nSPS) is 28.6. The van der Waals surface area contributed by atoms with E-state index in [0.717, 1.165) is 19.3 Å². The van der Waals surface area contributed by atoms with Crippen molar-refractivity contribution in [2.24, 2.45) is 0 Å². The molecule has 1 aliphatic carbocycles. The monoisotopic (exact) mass is 248 g/mol. The molecule has 0 bridgehead atoms. The molecule has 4 nitrogen and oxygen atoms in total. The van der Waals surface area contributed by atoms with Crippen LogP contribution in [0.5, 0.6) is 0 Å². The number of hydrogen-bond acceptors (Lipinski definition) is 4. The lowest BCUT2D eigenvalue weighted by atomic mass is 10.3. The number of nitriles is 1. The molecule has 1 rings (SSSR count).